The van der Waals surface area contributed by atoms with Crippen molar-refractivity contribution >= 4 is 33.4 Å². The molecule has 5 nitrogen and oxygen atoms in total. The molecule has 2 aromatic rings. The Labute approximate surface area is 153 Å². The summed E-state index contributed by atoms with van der Waals surface area (Å²) in [6, 6.07) is 4.47. The highest BCUT2D eigenvalue weighted by Gasteiger charge is 2.22. The molecular weight excluding hydrogens is 399 g/mol. The second kappa shape index (κ2) is 7.63. The summed E-state index contributed by atoms with van der Waals surface area (Å²) in [6.07, 6.45) is 3.45. The Kier molecular flexibility index (Phi) is 5.53. The smallest absolute Gasteiger partial charge is 0.244 e. The molecule has 128 valence electrons. The average Bonchev–Trinajstić information content (AvgIpc) is 2.96. The zero-order valence-corrected chi connectivity index (χ0v) is 15.3. The highest BCUT2D eigenvalue weighted by atomic mass is 79.9. The SMILES string of the molecule is O=C(Cn1cc(Br)cn1)N1CCN(Cc2ccc(F)cc2Cl)CC1. The van der Waals surface area contributed by atoms with E-state index in [1.54, 1.807) is 23.1 Å². The van der Waals surface area contributed by atoms with Gasteiger partial charge in [0.15, 0.2) is 0 Å². The molecule has 0 atom stereocenters. The van der Waals surface area contributed by atoms with Crippen LogP contribution in [-0.4, -0.2) is 51.7 Å². The van der Waals surface area contributed by atoms with Gasteiger partial charge in [-0.1, -0.05) is 17.7 Å². The fraction of sp³-hybridized carbons (Fsp3) is 0.375. The molecule has 0 N–H and O–H groups in total. The molecule has 24 heavy (non-hydrogen) atoms. The number of benzene rings is 1. The highest BCUT2D eigenvalue weighted by Crippen LogP contribution is 2.19. The van der Waals surface area contributed by atoms with Crippen molar-refractivity contribution in [2.24, 2.45) is 0 Å². The minimum Gasteiger partial charge on any atom is -0.339 e. The summed E-state index contributed by atoms with van der Waals surface area (Å²) in [7, 11) is 0. The first kappa shape index (κ1) is 17.4. The number of nitrogens with zero attached hydrogens (tertiary/aromatic N) is 4. The molecule has 0 bridgehead atoms. The number of hydrogen-bond donors (Lipinski definition) is 0. The zero-order chi connectivity index (χ0) is 17.1. The Morgan fingerprint density at radius 2 is 2.04 bits per heavy atom. The highest BCUT2D eigenvalue weighted by molar-refractivity contribution is 9.10. The second-order valence-electron chi connectivity index (χ2n) is 5.75. The lowest BCUT2D eigenvalue weighted by Crippen LogP contribution is -2.49. The van der Waals surface area contributed by atoms with E-state index in [1.807, 2.05) is 4.90 Å². The summed E-state index contributed by atoms with van der Waals surface area (Å²) in [5.74, 6) is -0.269. The molecule has 1 aliphatic rings. The molecule has 1 aromatic carbocycles. The van der Waals surface area contributed by atoms with Crippen molar-refractivity contribution in [1.82, 2.24) is 19.6 Å². The van der Waals surface area contributed by atoms with Gasteiger partial charge in [-0.3, -0.25) is 14.4 Å². The van der Waals surface area contributed by atoms with Crippen LogP contribution in [0.2, 0.25) is 5.02 Å². The Morgan fingerprint density at radius 1 is 1.29 bits per heavy atom. The number of aromatic nitrogens is 2. The molecule has 0 radical (unpaired) electrons. The first-order valence-electron chi connectivity index (χ1n) is 7.63. The van der Waals surface area contributed by atoms with Gasteiger partial charge in [0.1, 0.15) is 12.4 Å². The monoisotopic (exact) mass is 414 g/mol. The van der Waals surface area contributed by atoms with Crippen LogP contribution in [0.1, 0.15) is 5.56 Å². The summed E-state index contributed by atoms with van der Waals surface area (Å²) in [4.78, 5) is 16.4. The third kappa shape index (κ3) is 4.34. The number of halogens is 3. The van der Waals surface area contributed by atoms with Gasteiger partial charge in [-0.2, -0.15) is 5.10 Å². The predicted molar refractivity (Wildman–Crippen MR) is 93.2 cm³/mol. The number of carbonyl (C=O) groups excluding carboxylic acids is 1. The van der Waals surface area contributed by atoms with Gasteiger partial charge in [-0.15, -0.1) is 0 Å². The molecule has 3 rings (SSSR count). The van der Waals surface area contributed by atoms with Crippen molar-refractivity contribution in [3.8, 4) is 0 Å². The molecule has 2 heterocycles. The van der Waals surface area contributed by atoms with E-state index in [2.05, 4.69) is 25.9 Å². The Balaban J connectivity index is 1.51. The van der Waals surface area contributed by atoms with Gasteiger partial charge in [0.2, 0.25) is 5.91 Å². The fourth-order valence-electron chi connectivity index (χ4n) is 2.71. The molecular formula is C16H17BrClFN4O. The van der Waals surface area contributed by atoms with Crippen LogP contribution in [0.5, 0.6) is 0 Å². The van der Waals surface area contributed by atoms with E-state index in [1.165, 1.54) is 12.1 Å². The molecule has 8 heteroatoms. The fourth-order valence-corrected chi connectivity index (χ4v) is 3.26. The van der Waals surface area contributed by atoms with Crippen molar-refractivity contribution in [2.75, 3.05) is 26.2 Å². The predicted octanol–water partition coefficient (Wildman–Crippen LogP) is 2.78. The Bertz CT molecular complexity index is 731. The van der Waals surface area contributed by atoms with Crippen molar-refractivity contribution in [3.63, 3.8) is 0 Å². The van der Waals surface area contributed by atoms with Crippen LogP contribution in [-0.2, 0) is 17.9 Å². The molecule has 1 aliphatic heterocycles. The summed E-state index contributed by atoms with van der Waals surface area (Å²) >= 11 is 9.39. The zero-order valence-electron chi connectivity index (χ0n) is 13.0. The van der Waals surface area contributed by atoms with E-state index < -0.39 is 0 Å². The van der Waals surface area contributed by atoms with Crippen LogP contribution in [0.4, 0.5) is 4.39 Å². The van der Waals surface area contributed by atoms with Gasteiger partial charge in [-0.05, 0) is 33.6 Å². The van der Waals surface area contributed by atoms with Gasteiger partial charge >= 0.3 is 0 Å². The van der Waals surface area contributed by atoms with Crippen molar-refractivity contribution in [3.05, 3.63) is 51.5 Å². The van der Waals surface area contributed by atoms with Gasteiger partial charge in [0.25, 0.3) is 0 Å². The van der Waals surface area contributed by atoms with E-state index in [-0.39, 0.29) is 18.3 Å². The summed E-state index contributed by atoms with van der Waals surface area (Å²) in [5.41, 5.74) is 0.902. The lowest BCUT2D eigenvalue weighted by atomic mass is 10.2. The first-order valence-corrected chi connectivity index (χ1v) is 8.80. The lowest BCUT2D eigenvalue weighted by Gasteiger charge is -2.34. The van der Waals surface area contributed by atoms with E-state index in [4.69, 9.17) is 11.6 Å². The minimum atomic E-state index is -0.329. The minimum absolute atomic E-state index is 0.0602. The topological polar surface area (TPSA) is 41.4 Å². The molecule has 1 amide bonds. The van der Waals surface area contributed by atoms with Crippen LogP contribution in [0.3, 0.4) is 0 Å². The van der Waals surface area contributed by atoms with Gasteiger partial charge < -0.3 is 4.90 Å². The second-order valence-corrected chi connectivity index (χ2v) is 7.07. The number of amides is 1. The maximum Gasteiger partial charge on any atom is 0.244 e. The third-order valence-electron chi connectivity index (χ3n) is 4.03. The van der Waals surface area contributed by atoms with E-state index >= 15 is 0 Å². The van der Waals surface area contributed by atoms with Crippen molar-refractivity contribution < 1.29 is 9.18 Å². The van der Waals surface area contributed by atoms with Gasteiger partial charge in [0, 0.05) is 43.9 Å². The molecule has 1 fully saturated rings. The molecule has 0 unspecified atom stereocenters. The molecule has 0 spiro atoms. The van der Waals surface area contributed by atoms with Gasteiger partial charge in [0.05, 0.1) is 10.7 Å². The average molecular weight is 416 g/mol. The molecule has 0 saturated carbocycles. The Hall–Kier alpha value is -1.44. The van der Waals surface area contributed by atoms with Crippen LogP contribution < -0.4 is 0 Å². The third-order valence-corrected chi connectivity index (χ3v) is 4.79. The lowest BCUT2D eigenvalue weighted by molar-refractivity contribution is -0.133. The Morgan fingerprint density at radius 3 is 2.67 bits per heavy atom. The summed E-state index contributed by atoms with van der Waals surface area (Å²) in [5, 5.41) is 4.55. The van der Waals surface area contributed by atoms with Crippen LogP contribution >= 0.6 is 27.5 Å². The van der Waals surface area contributed by atoms with Crippen molar-refractivity contribution in [1.29, 1.82) is 0 Å². The van der Waals surface area contributed by atoms with Crippen molar-refractivity contribution in [2.45, 2.75) is 13.1 Å². The number of carbonyl (C=O) groups is 1. The number of rotatable bonds is 4. The van der Waals surface area contributed by atoms with E-state index in [0.717, 1.165) is 23.1 Å². The van der Waals surface area contributed by atoms with Crippen LogP contribution in [0, 0.1) is 5.82 Å². The number of piperazine rings is 1. The molecule has 1 saturated heterocycles. The number of hydrogen-bond acceptors (Lipinski definition) is 3. The summed E-state index contributed by atoms with van der Waals surface area (Å²) in [6.45, 7) is 3.77. The maximum atomic E-state index is 13.1. The van der Waals surface area contributed by atoms with E-state index in [0.29, 0.717) is 24.7 Å². The first-order chi connectivity index (χ1) is 11.5. The largest absolute Gasteiger partial charge is 0.339 e. The normalized spacial score (nSPS) is 15.7. The van der Waals surface area contributed by atoms with E-state index in [9.17, 15) is 9.18 Å². The summed E-state index contributed by atoms with van der Waals surface area (Å²) < 4.78 is 15.6. The standard InChI is InChI=1S/C16H17BrClFN4O/c17-13-8-20-23(10-13)11-16(24)22-5-3-21(4-6-22)9-12-1-2-14(19)7-15(12)18/h1-2,7-8,10H,3-6,9,11H2. The quantitative estimate of drug-likeness (QED) is 0.771. The molecule has 1 aromatic heterocycles. The molecule has 0 aliphatic carbocycles. The maximum absolute atomic E-state index is 13.1. The van der Waals surface area contributed by atoms with Crippen LogP contribution in [0.25, 0.3) is 0 Å². The van der Waals surface area contributed by atoms with Crippen LogP contribution in [0.15, 0.2) is 35.1 Å². The van der Waals surface area contributed by atoms with Gasteiger partial charge in [-0.25, -0.2) is 4.39 Å².